The Morgan fingerprint density at radius 1 is 0.923 bits per heavy atom. The lowest BCUT2D eigenvalue weighted by Crippen LogP contribution is -2.48. The zero-order valence-electron chi connectivity index (χ0n) is 21.8. The highest BCUT2D eigenvalue weighted by Crippen LogP contribution is 2.24. The molecule has 3 aromatic carbocycles. The van der Waals surface area contributed by atoms with Crippen LogP contribution in [0.2, 0.25) is 0 Å². The lowest BCUT2D eigenvalue weighted by Gasteiger charge is -2.36. The minimum Gasteiger partial charge on any atom is -0.497 e. The molecule has 10 heteroatoms. The summed E-state index contributed by atoms with van der Waals surface area (Å²) in [4.78, 5) is 29.4. The van der Waals surface area contributed by atoms with E-state index in [-0.39, 0.29) is 17.6 Å². The number of carbonyl (C=O) groups is 2. The Kier molecular flexibility index (Phi) is 8.12. The topological polar surface area (TPSA) is 101 Å². The van der Waals surface area contributed by atoms with Crippen molar-refractivity contribution in [2.45, 2.75) is 12.1 Å². The van der Waals surface area contributed by atoms with Crippen LogP contribution < -0.4 is 15.0 Å². The third-order valence-electron chi connectivity index (χ3n) is 6.45. The van der Waals surface area contributed by atoms with E-state index in [0.717, 1.165) is 35.7 Å². The van der Waals surface area contributed by atoms with Crippen LogP contribution in [0.15, 0.2) is 82.4 Å². The highest BCUT2D eigenvalue weighted by molar-refractivity contribution is 7.99. The molecule has 0 aliphatic carbocycles. The Morgan fingerprint density at radius 2 is 1.62 bits per heavy atom. The number of hydrogen-bond donors (Lipinski definition) is 1. The maximum Gasteiger partial charge on any atom is 0.277 e. The Balaban J connectivity index is 1.08. The number of benzene rings is 3. The first-order valence-electron chi connectivity index (χ1n) is 12.6. The molecule has 9 nitrogen and oxygen atoms in total. The first kappa shape index (κ1) is 26.3. The van der Waals surface area contributed by atoms with E-state index in [1.165, 1.54) is 11.8 Å². The molecule has 2 heterocycles. The van der Waals surface area contributed by atoms with Gasteiger partial charge in [0, 0.05) is 48.7 Å². The zero-order valence-corrected chi connectivity index (χ0v) is 22.6. The smallest absolute Gasteiger partial charge is 0.277 e. The van der Waals surface area contributed by atoms with Crippen LogP contribution in [-0.4, -0.2) is 66.0 Å². The van der Waals surface area contributed by atoms with E-state index in [1.807, 2.05) is 60.4 Å². The van der Waals surface area contributed by atoms with Crippen LogP contribution in [0.4, 0.5) is 11.4 Å². The van der Waals surface area contributed by atoms with Crippen molar-refractivity contribution in [1.82, 2.24) is 15.1 Å². The van der Waals surface area contributed by atoms with Crippen LogP contribution in [-0.2, 0) is 4.79 Å². The molecule has 39 heavy (non-hydrogen) atoms. The molecule has 1 saturated heterocycles. The quantitative estimate of drug-likeness (QED) is 0.318. The molecule has 0 atom stereocenters. The van der Waals surface area contributed by atoms with Gasteiger partial charge >= 0.3 is 0 Å². The van der Waals surface area contributed by atoms with E-state index >= 15 is 0 Å². The van der Waals surface area contributed by atoms with E-state index in [1.54, 1.807) is 31.4 Å². The van der Waals surface area contributed by atoms with Gasteiger partial charge in [0.05, 0.1) is 12.9 Å². The average Bonchev–Trinajstić information content (AvgIpc) is 3.46. The van der Waals surface area contributed by atoms with Crippen molar-refractivity contribution in [3.8, 4) is 17.2 Å². The second-order valence-corrected chi connectivity index (χ2v) is 10.1. The van der Waals surface area contributed by atoms with Gasteiger partial charge < -0.3 is 24.3 Å². The number of aromatic nitrogens is 2. The molecule has 0 saturated carbocycles. The van der Waals surface area contributed by atoms with E-state index in [0.29, 0.717) is 35.5 Å². The first-order chi connectivity index (χ1) is 19.0. The normalized spacial score (nSPS) is 13.3. The zero-order chi connectivity index (χ0) is 27.2. The molecule has 4 aromatic rings. The fraction of sp³-hybridized carbons (Fsp3) is 0.241. The summed E-state index contributed by atoms with van der Waals surface area (Å²) in [6.07, 6.45) is 0. The van der Waals surface area contributed by atoms with Crippen molar-refractivity contribution in [3.63, 3.8) is 0 Å². The predicted octanol–water partition coefficient (Wildman–Crippen LogP) is 4.75. The second kappa shape index (κ2) is 12.0. The number of anilines is 2. The van der Waals surface area contributed by atoms with Gasteiger partial charge in [0.15, 0.2) is 0 Å². The summed E-state index contributed by atoms with van der Waals surface area (Å²) >= 11 is 1.20. The summed E-state index contributed by atoms with van der Waals surface area (Å²) in [5.74, 6) is 1.18. The van der Waals surface area contributed by atoms with Gasteiger partial charge in [0.2, 0.25) is 11.8 Å². The van der Waals surface area contributed by atoms with Gasteiger partial charge in [-0.05, 0) is 67.6 Å². The highest BCUT2D eigenvalue weighted by Gasteiger charge is 2.22. The number of piperazine rings is 1. The minimum absolute atomic E-state index is 0.0279. The van der Waals surface area contributed by atoms with Crippen LogP contribution in [0, 0.1) is 6.92 Å². The van der Waals surface area contributed by atoms with Crippen molar-refractivity contribution in [2.24, 2.45) is 0 Å². The highest BCUT2D eigenvalue weighted by atomic mass is 32.2. The van der Waals surface area contributed by atoms with Gasteiger partial charge in [-0.2, -0.15) is 0 Å². The van der Waals surface area contributed by atoms with Crippen molar-refractivity contribution in [1.29, 1.82) is 0 Å². The number of thioether (sulfide) groups is 1. The molecule has 200 valence electrons. The monoisotopic (exact) mass is 543 g/mol. The number of amides is 2. The minimum atomic E-state index is -0.159. The number of ether oxygens (including phenoxy) is 1. The van der Waals surface area contributed by atoms with Crippen LogP contribution in [0.3, 0.4) is 0 Å². The fourth-order valence-corrected chi connectivity index (χ4v) is 4.81. The summed E-state index contributed by atoms with van der Waals surface area (Å²) in [5.41, 5.74) is 4.41. The molecule has 0 spiro atoms. The molecule has 1 N–H and O–H groups in total. The third kappa shape index (κ3) is 6.58. The van der Waals surface area contributed by atoms with Gasteiger partial charge in [0.1, 0.15) is 5.75 Å². The Labute approximate surface area is 231 Å². The third-order valence-corrected chi connectivity index (χ3v) is 7.27. The number of carbonyl (C=O) groups excluding carboxylic acids is 2. The van der Waals surface area contributed by atoms with Crippen LogP contribution >= 0.6 is 11.8 Å². The number of rotatable bonds is 8. The molecule has 0 radical (unpaired) electrons. The summed E-state index contributed by atoms with van der Waals surface area (Å²) < 4.78 is 10.8. The van der Waals surface area contributed by atoms with E-state index in [2.05, 4.69) is 20.4 Å². The van der Waals surface area contributed by atoms with E-state index < -0.39 is 0 Å². The fourth-order valence-electron chi connectivity index (χ4n) is 4.24. The number of methoxy groups -OCH3 is 1. The number of hydrogen-bond acceptors (Lipinski definition) is 8. The molecule has 0 unspecified atom stereocenters. The SMILES string of the molecule is COc1ccc(C(=O)N2CCN(c3ccc(NC(=O)CSc4nnc(-c5ccc(C)cc5)o4)cc3)CC2)cc1. The first-order valence-corrected chi connectivity index (χ1v) is 13.6. The molecule has 0 bridgehead atoms. The Bertz CT molecular complexity index is 1410. The van der Waals surface area contributed by atoms with Gasteiger partial charge in [-0.15, -0.1) is 10.2 Å². The van der Waals surface area contributed by atoms with Crippen molar-refractivity contribution < 1.29 is 18.7 Å². The maximum absolute atomic E-state index is 12.8. The molecular weight excluding hydrogens is 514 g/mol. The molecule has 1 aliphatic heterocycles. The Morgan fingerprint density at radius 3 is 2.28 bits per heavy atom. The molecule has 1 aliphatic rings. The molecule has 1 fully saturated rings. The number of nitrogens with zero attached hydrogens (tertiary/aromatic N) is 4. The van der Waals surface area contributed by atoms with Gasteiger partial charge in [-0.25, -0.2) is 0 Å². The van der Waals surface area contributed by atoms with E-state index in [4.69, 9.17) is 9.15 Å². The van der Waals surface area contributed by atoms with Crippen molar-refractivity contribution in [2.75, 3.05) is 49.3 Å². The van der Waals surface area contributed by atoms with Gasteiger partial charge in [-0.1, -0.05) is 29.5 Å². The molecular formula is C29H29N5O4S. The molecule has 1 aromatic heterocycles. The molecule has 2 amide bonds. The Hall–Kier alpha value is -4.31. The number of nitrogens with one attached hydrogen (secondary N) is 1. The van der Waals surface area contributed by atoms with Crippen LogP contribution in [0.1, 0.15) is 15.9 Å². The molecule has 5 rings (SSSR count). The lowest BCUT2D eigenvalue weighted by molar-refractivity contribution is -0.113. The standard InChI is InChI=1S/C29H29N5O4S/c1-20-3-5-21(6-4-20)27-31-32-29(38-27)39-19-26(35)30-23-9-11-24(12-10-23)33-15-17-34(18-16-33)28(36)22-7-13-25(37-2)14-8-22/h3-14H,15-19H2,1-2H3,(H,30,35). The van der Waals surface area contributed by atoms with Crippen molar-refractivity contribution in [3.05, 3.63) is 83.9 Å². The lowest BCUT2D eigenvalue weighted by atomic mass is 10.1. The predicted molar refractivity (Wildman–Crippen MR) is 151 cm³/mol. The summed E-state index contributed by atoms with van der Waals surface area (Å²) in [6, 6.07) is 22.7. The van der Waals surface area contributed by atoms with E-state index in [9.17, 15) is 9.59 Å². The van der Waals surface area contributed by atoms with Crippen molar-refractivity contribution >= 4 is 35.0 Å². The second-order valence-electron chi connectivity index (χ2n) is 9.13. The number of aryl methyl sites for hydroxylation is 1. The summed E-state index contributed by atoms with van der Waals surface area (Å²) in [5, 5.41) is 11.4. The maximum atomic E-state index is 12.8. The largest absolute Gasteiger partial charge is 0.497 e. The van der Waals surface area contributed by atoms with Crippen LogP contribution in [0.5, 0.6) is 5.75 Å². The van der Waals surface area contributed by atoms with Gasteiger partial charge in [-0.3, -0.25) is 9.59 Å². The van der Waals surface area contributed by atoms with Crippen LogP contribution in [0.25, 0.3) is 11.5 Å². The average molecular weight is 544 g/mol. The van der Waals surface area contributed by atoms with Gasteiger partial charge in [0.25, 0.3) is 11.1 Å². The summed E-state index contributed by atoms with van der Waals surface area (Å²) in [7, 11) is 1.61. The summed E-state index contributed by atoms with van der Waals surface area (Å²) in [6.45, 7) is 4.77.